The minimum absolute atomic E-state index is 0.283. The number of ether oxygens (including phenoxy) is 1. The number of carbonyl (C=O) groups is 4. The third-order valence-corrected chi connectivity index (χ3v) is 6.07. The molecule has 2 aliphatic heterocycles. The Balaban J connectivity index is 1.91. The molecule has 1 saturated heterocycles. The molecule has 3 atom stereocenters. The van der Waals surface area contributed by atoms with Crippen molar-refractivity contribution >= 4 is 23.6 Å². The molecule has 7 nitrogen and oxygen atoms in total. The highest BCUT2D eigenvalue weighted by molar-refractivity contribution is 6.07. The van der Waals surface area contributed by atoms with Gasteiger partial charge in [0.15, 0.2) is 5.78 Å². The van der Waals surface area contributed by atoms with Crippen molar-refractivity contribution in [3.63, 3.8) is 0 Å². The summed E-state index contributed by atoms with van der Waals surface area (Å²) in [5.74, 6) is -1.51. The van der Waals surface area contributed by atoms with Crippen LogP contribution in [0.2, 0.25) is 0 Å². The predicted octanol–water partition coefficient (Wildman–Crippen LogP) is 2.73. The molecule has 7 heteroatoms. The molecule has 1 aromatic carbocycles. The first-order chi connectivity index (χ1) is 15.4. The second kappa shape index (κ2) is 11.1. The molecule has 0 saturated carbocycles. The number of ketones is 1. The zero-order valence-electron chi connectivity index (χ0n) is 18.8. The number of esters is 1. The predicted molar refractivity (Wildman–Crippen MR) is 120 cm³/mol. The molecule has 0 spiro atoms. The van der Waals surface area contributed by atoms with Crippen molar-refractivity contribution < 1.29 is 23.9 Å². The Morgan fingerprint density at radius 2 is 1.88 bits per heavy atom. The van der Waals surface area contributed by atoms with E-state index in [0.29, 0.717) is 37.8 Å². The molecular weight excluding hydrogens is 408 g/mol. The Bertz CT molecular complexity index is 880. The first-order valence-corrected chi connectivity index (χ1v) is 11.4. The van der Waals surface area contributed by atoms with Crippen LogP contribution in [0.5, 0.6) is 0 Å². The number of carbonyl (C=O) groups excluding carboxylic acids is 4. The molecule has 2 amide bonds. The van der Waals surface area contributed by atoms with E-state index < -0.39 is 24.0 Å². The lowest BCUT2D eigenvalue weighted by Crippen LogP contribution is -2.53. The summed E-state index contributed by atoms with van der Waals surface area (Å²) in [5, 5.41) is 2.75. The van der Waals surface area contributed by atoms with Gasteiger partial charge in [-0.05, 0) is 37.3 Å². The van der Waals surface area contributed by atoms with E-state index in [-0.39, 0.29) is 30.6 Å². The maximum absolute atomic E-state index is 13.5. The van der Waals surface area contributed by atoms with Gasteiger partial charge in [-0.15, -0.1) is 0 Å². The molecule has 2 aliphatic rings. The van der Waals surface area contributed by atoms with Gasteiger partial charge >= 0.3 is 5.97 Å². The van der Waals surface area contributed by atoms with Crippen LogP contribution < -0.4 is 5.32 Å². The summed E-state index contributed by atoms with van der Waals surface area (Å²) >= 11 is 0. The van der Waals surface area contributed by atoms with Gasteiger partial charge in [0.25, 0.3) is 0 Å². The fourth-order valence-electron chi connectivity index (χ4n) is 4.27. The molecule has 1 fully saturated rings. The highest BCUT2D eigenvalue weighted by atomic mass is 16.5. The number of rotatable bonds is 4. The van der Waals surface area contributed by atoms with Crippen molar-refractivity contribution in [2.45, 2.75) is 77.0 Å². The zero-order valence-corrected chi connectivity index (χ0v) is 18.8. The minimum Gasteiger partial charge on any atom is -0.461 e. The van der Waals surface area contributed by atoms with Crippen LogP contribution in [0.25, 0.3) is 0 Å². The largest absolute Gasteiger partial charge is 0.461 e. The number of cyclic esters (lactones) is 1. The topological polar surface area (TPSA) is 92.8 Å². The van der Waals surface area contributed by atoms with Crippen molar-refractivity contribution in [2.24, 2.45) is 0 Å². The van der Waals surface area contributed by atoms with E-state index in [0.717, 1.165) is 12.0 Å². The van der Waals surface area contributed by atoms with Crippen molar-refractivity contribution in [1.82, 2.24) is 10.2 Å². The minimum atomic E-state index is -0.857. The Morgan fingerprint density at radius 3 is 2.59 bits per heavy atom. The average Bonchev–Trinajstić information content (AvgIpc) is 3.26. The lowest BCUT2D eigenvalue weighted by molar-refractivity contribution is -0.158. The number of hydrogen-bond acceptors (Lipinski definition) is 5. The van der Waals surface area contributed by atoms with Crippen molar-refractivity contribution in [3.8, 4) is 0 Å². The SMILES string of the molecule is CCC[C@@H]1C/C=C(\C)C(=O)CC(=O)N[C@H](Cc2ccccc2)C(=O)N2CCC[C@@H]2C(=O)O1. The molecule has 172 valence electrons. The third-order valence-electron chi connectivity index (χ3n) is 6.07. The molecule has 0 aromatic heterocycles. The summed E-state index contributed by atoms with van der Waals surface area (Å²) in [4.78, 5) is 53.1. The Hall–Kier alpha value is -2.96. The summed E-state index contributed by atoms with van der Waals surface area (Å²) in [7, 11) is 0. The Morgan fingerprint density at radius 1 is 1.12 bits per heavy atom. The van der Waals surface area contributed by atoms with Crippen LogP contribution in [-0.2, 0) is 30.3 Å². The standard InChI is InChI=1S/C25H32N2O5/c1-3-8-19-13-12-17(2)22(28)16-23(29)26-20(15-18-9-5-4-6-10-18)24(30)27-14-7-11-21(27)25(31)32-19/h4-6,9-10,12,19-21H,3,7-8,11,13-16H2,1-2H3,(H,26,29)/b17-12+/t19-,20-,21-/m1/s1. The first-order valence-electron chi connectivity index (χ1n) is 11.4. The summed E-state index contributed by atoms with van der Waals surface area (Å²) in [6, 6.07) is 7.88. The number of Topliss-reactive ketones (excluding diaryl/α,β-unsaturated/α-hetero) is 1. The molecule has 1 aromatic rings. The third kappa shape index (κ3) is 6.05. The van der Waals surface area contributed by atoms with Gasteiger partial charge in [0, 0.05) is 19.4 Å². The van der Waals surface area contributed by atoms with Crippen LogP contribution in [0, 0.1) is 0 Å². The van der Waals surface area contributed by atoms with E-state index in [2.05, 4.69) is 5.32 Å². The molecule has 0 radical (unpaired) electrons. The normalized spacial score (nSPS) is 27.1. The van der Waals surface area contributed by atoms with Crippen molar-refractivity contribution in [1.29, 1.82) is 0 Å². The van der Waals surface area contributed by atoms with Gasteiger partial charge in [-0.3, -0.25) is 14.4 Å². The molecule has 0 unspecified atom stereocenters. The van der Waals surface area contributed by atoms with Gasteiger partial charge in [-0.1, -0.05) is 49.8 Å². The summed E-state index contributed by atoms with van der Waals surface area (Å²) in [6.45, 7) is 4.11. The lowest BCUT2D eigenvalue weighted by atomic mass is 10.0. The van der Waals surface area contributed by atoms with Gasteiger partial charge < -0.3 is 15.0 Å². The number of nitrogens with zero attached hydrogens (tertiary/aromatic N) is 1. The van der Waals surface area contributed by atoms with Crippen LogP contribution >= 0.6 is 0 Å². The van der Waals surface area contributed by atoms with E-state index in [4.69, 9.17) is 4.74 Å². The monoisotopic (exact) mass is 440 g/mol. The van der Waals surface area contributed by atoms with Crippen molar-refractivity contribution in [2.75, 3.05) is 6.54 Å². The fraction of sp³-hybridized carbons (Fsp3) is 0.520. The highest BCUT2D eigenvalue weighted by Gasteiger charge is 2.39. The quantitative estimate of drug-likeness (QED) is 0.574. The maximum Gasteiger partial charge on any atom is 0.329 e. The van der Waals surface area contributed by atoms with E-state index in [1.807, 2.05) is 37.3 Å². The fourth-order valence-corrected chi connectivity index (χ4v) is 4.27. The van der Waals surface area contributed by atoms with Gasteiger partial charge in [-0.25, -0.2) is 4.79 Å². The van der Waals surface area contributed by atoms with E-state index in [1.165, 1.54) is 4.90 Å². The number of benzene rings is 1. The number of allylic oxidation sites excluding steroid dienone is 1. The van der Waals surface area contributed by atoms with Gasteiger partial charge in [0.1, 0.15) is 18.2 Å². The number of hydrogen-bond donors (Lipinski definition) is 1. The number of amides is 2. The molecule has 3 rings (SSSR count). The Kier molecular flexibility index (Phi) is 8.20. The Labute approximate surface area is 189 Å². The lowest BCUT2D eigenvalue weighted by Gasteiger charge is -2.29. The van der Waals surface area contributed by atoms with Crippen LogP contribution in [0.4, 0.5) is 0 Å². The highest BCUT2D eigenvalue weighted by Crippen LogP contribution is 2.23. The van der Waals surface area contributed by atoms with Crippen LogP contribution in [0.15, 0.2) is 42.0 Å². The second-order valence-corrected chi connectivity index (χ2v) is 8.57. The molecular formula is C25H32N2O5. The molecule has 2 heterocycles. The van der Waals surface area contributed by atoms with Crippen LogP contribution in [0.3, 0.4) is 0 Å². The maximum atomic E-state index is 13.5. The zero-order chi connectivity index (χ0) is 23.1. The molecule has 0 bridgehead atoms. The van der Waals surface area contributed by atoms with E-state index in [1.54, 1.807) is 13.0 Å². The van der Waals surface area contributed by atoms with Crippen LogP contribution in [0.1, 0.15) is 57.9 Å². The smallest absolute Gasteiger partial charge is 0.329 e. The second-order valence-electron chi connectivity index (χ2n) is 8.57. The van der Waals surface area contributed by atoms with Gasteiger partial charge in [0.2, 0.25) is 11.8 Å². The molecule has 32 heavy (non-hydrogen) atoms. The number of fused-ring (bicyclic) bond motifs is 1. The molecule has 1 N–H and O–H groups in total. The van der Waals surface area contributed by atoms with Crippen molar-refractivity contribution in [3.05, 3.63) is 47.5 Å². The summed E-state index contributed by atoms with van der Waals surface area (Å²) in [5.41, 5.74) is 1.35. The number of nitrogens with one attached hydrogen (secondary N) is 1. The van der Waals surface area contributed by atoms with Gasteiger partial charge in [0.05, 0.1) is 6.42 Å². The summed E-state index contributed by atoms with van der Waals surface area (Å²) in [6.07, 6.45) is 4.51. The first kappa shape index (κ1) is 23.7. The van der Waals surface area contributed by atoms with E-state index in [9.17, 15) is 19.2 Å². The van der Waals surface area contributed by atoms with Gasteiger partial charge in [-0.2, -0.15) is 0 Å². The molecule has 0 aliphatic carbocycles. The van der Waals surface area contributed by atoms with E-state index >= 15 is 0 Å². The van der Waals surface area contributed by atoms with Crippen LogP contribution in [-0.4, -0.2) is 53.2 Å². The average molecular weight is 441 g/mol. The summed E-state index contributed by atoms with van der Waals surface area (Å²) < 4.78 is 5.78.